The fraction of sp³-hybridized carbons (Fsp3) is 0.143. The summed E-state index contributed by atoms with van der Waals surface area (Å²) in [5.41, 5.74) is 0.116. The Labute approximate surface area is 127 Å². The molecule has 0 bridgehead atoms. The van der Waals surface area contributed by atoms with Gasteiger partial charge in [-0.3, -0.25) is 0 Å². The van der Waals surface area contributed by atoms with Crippen LogP contribution in [0, 0.1) is 11.3 Å². The monoisotopic (exact) mass is 355 g/mol. The first-order valence-corrected chi connectivity index (χ1v) is 6.59. The molecule has 3 nitrogen and oxygen atoms in total. The van der Waals surface area contributed by atoms with Gasteiger partial charge in [-0.15, -0.1) is 0 Å². The van der Waals surface area contributed by atoms with Crippen LogP contribution in [0.3, 0.4) is 0 Å². The van der Waals surface area contributed by atoms with Crippen LogP contribution in [0.15, 0.2) is 41.0 Å². The molecule has 1 heterocycles. The number of nitrogens with zero attached hydrogens (tertiary/aromatic N) is 3. The van der Waals surface area contributed by atoms with Crippen molar-refractivity contribution >= 4 is 27.4 Å². The number of alkyl halides is 3. The number of rotatable bonds is 2. The van der Waals surface area contributed by atoms with Gasteiger partial charge in [0.2, 0.25) is 0 Å². The van der Waals surface area contributed by atoms with E-state index in [9.17, 15) is 13.2 Å². The first kappa shape index (κ1) is 15.3. The Morgan fingerprint density at radius 3 is 2.38 bits per heavy atom. The molecule has 108 valence electrons. The largest absolute Gasteiger partial charge is 0.420 e. The molecule has 2 rings (SSSR count). The van der Waals surface area contributed by atoms with Crippen LogP contribution < -0.4 is 4.90 Å². The van der Waals surface area contributed by atoms with Crippen LogP contribution >= 0.6 is 15.9 Å². The molecule has 7 heteroatoms. The number of anilines is 2. The van der Waals surface area contributed by atoms with Crippen LogP contribution in [0.1, 0.15) is 11.1 Å². The highest BCUT2D eigenvalue weighted by atomic mass is 79.9. The van der Waals surface area contributed by atoms with E-state index >= 15 is 0 Å². The van der Waals surface area contributed by atoms with E-state index in [2.05, 4.69) is 20.9 Å². The Morgan fingerprint density at radius 2 is 1.86 bits per heavy atom. The molecular formula is C14H9BrF3N3. The van der Waals surface area contributed by atoms with Crippen LogP contribution in [0.25, 0.3) is 0 Å². The molecule has 1 aromatic carbocycles. The van der Waals surface area contributed by atoms with Crippen molar-refractivity contribution in [1.82, 2.24) is 4.98 Å². The van der Waals surface area contributed by atoms with Gasteiger partial charge in [0.25, 0.3) is 0 Å². The second-order valence-electron chi connectivity index (χ2n) is 4.24. The summed E-state index contributed by atoms with van der Waals surface area (Å²) in [6.45, 7) is 0. The number of halogens is 4. The van der Waals surface area contributed by atoms with Crippen molar-refractivity contribution in [3.8, 4) is 6.07 Å². The second kappa shape index (κ2) is 5.74. The molecule has 0 amide bonds. The van der Waals surface area contributed by atoms with Gasteiger partial charge in [-0.05, 0) is 46.3 Å². The number of aromatic nitrogens is 1. The molecule has 0 atom stereocenters. The highest BCUT2D eigenvalue weighted by Gasteiger charge is 2.35. The Kier molecular flexibility index (Phi) is 4.19. The lowest BCUT2D eigenvalue weighted by atomic mass is 10.2. The first-order valence-electron chi connectivity index (χ1n) is 5.79. The molecule has 1 aromatic heterocycles. The lowest BCUT2D eigenvalue weighted by molar-refractivity contribution is -0.137. The third kappa shape index (κ3) is 3.34. The van der Waals surface area contributed by atoms with Crippen LogP contribution in [-0.4, -0.2) is 12.0 Å². The fourth-order valence-corrected chi connectivity index (χ4v) is 2.12. The lowest BCUT2D eigenvalue weighted by Gasteiger charge is -2.22. The average molecular weight is 356 g/mol. The van der Waals surface area contributed by atoms with Crippen molar-refractivity contribution in [3.05, 3.63) is 52.1 Å². The fourth-order valence-electron chi connectivity index (χ4n) is 1.79. The predicted octanol–water partition coefficient (Wildman–Crippen LogP) is 4.50. The summed E-state index contributed by atoms with van der Waals surface area (Å²) in [5.74, 6) is -0.199. The molecule has 0 unspecified atom stereocenters. The van der Waals surface area contributed by atoms with E-state index in [1.54, 1.807) is 12.1 Å². The number of benzene rings is 1. The van der Waals surface area contributed by atoms with E-state index < -0.39 is 11.7 Å². The molecule has 0 spiro atoms. The molecule has 0 N–H and O–H groups in total. The quantitative estimate of drug-likeness (QED) is 0.795. The Bertz CT molecular complexity index is 690. The summed E-state index contributed by atoms with van der Waals surface area (Å²) in [6, 6.07) is 9.17. The molecule has 0 aliphatic carbocycles. The van der Waals surface area contributed by atoms with E-state index in [4.69, 9.17) is 5.26 Å². The number of pyridine rings is 1. The molecule has 0 aliphatic heterocycles. The minimum atomic E-state index is -4.51. The normalized spacial score (nSPS) is 11.0. The van der Waals surface area contributed by atoms with Gasteiger partial charge in [0.1, 0.15) is 5.82 Å². The van der Waals surface area contributed by atoms with Crippen molar-refractivity contribution in [2.75, 3.05) is 11.9 Å². The Hall–Kier alpha value is -2.07. The minimum absolute atomic E-state index is 0.199. The molecule has 0 aliphatic rings. The van der Waals surface area contributed by atoms with Crippen LogP contribution in [0.5, 0.6) is 0 Å². The van der Waals surface area contributed by atoms with E-state index in [1.165, 1.54) is 30.3 Å². The maximum Gasteiger partial charge on any atom is 0.420 e. The topological polar surface area (TPSA) is 39.9 Å². The van der Waals surface area contributed by atoms with Gasteiger partial charge < -0.3 is 4.90 Å². The van der Waals surface area contributed by atoms with Crippen molar-refractivity contribution < 1.29 is 13.2 Å². The lowest BCUT2D eigenvalue weighted by Crippen LogP contribution is -2.18. The van der Waals surface area contributed by atoms with Gasteiger partial charge in [0.05, 0.1) is 17.2 Å². The molecule has 0 saturated heterocycles. The van der Waals surface area contributed by atoms with Crippen molar-refractivity contribution in [2.45, 2.75) is 6.18 Å². The summed E-state index contributed by atoms with van der Waals surface area (Å²) in [6.07, 6.45) is -3.20. The maximum absolute atomic E-state index is 13.1. The highest BCUT2D eigenvalue weighted by Crippen LogP contribution is 2.38. The summed E-state index contributed by atoms with van der Waals surface area (Å²) >= 11 is 3.00. The van der Waals surface area contributed by atoms with E-state index in [0.29, 0.717) is 11.3 Å². The zero-order valence-corrected chi connectivity index (χ0v) is 12.4. The van der Waals surface area contributed by atoms with Crippen molar-refractivity contribution in [3.63, 3.8) is 0 Å². The number of hydrogen-bond donors (Lipinski definition) is 0. The van der Waals surface area contributed by atoms with Gasteiger partial charge >= 0.3 is 6.18 Å². The predicted molar refractivity (Wildman–Crippen MR) is 76.2 cm³/mol. The van der Waals surface area contributed by atoms with Crippen LogP contribution in [0.2, 0.25) is 0 Å². The second-order valence-corrected chi connectivity index (χ2v) is 5.16. The Morgan fingerprint density at radius 1 is 1.24 bits per heavy atom. The average Bonchev–Trinajstić information content (AvgIpc) is 2.45. The maximum atomic E-state index is 13.1. The van der Waals surface area contributed by atoms with Gasteiger partial charge in [0.15, 0.2) is 0 Å². The number of hydrogen-bond acceptors (Lipinski definition) is 3. The highest BCUT2D eigenvalue weighted by molar-refractivity contribution is 9.10. The molecule has 2 aromatic rings. The van der Waals surface area contributed by atoms with Gasteiger partial charge in [-0.2, -0.15) is 18.4 Å². The van der Waals surface area contributed by atoms with E-state index in [0.717, 1.165) is 6.07 Å². The van der Waals surface area contributed by atoms with E-state index in [-0.39, 0.29) is 10.3 Å². The molecule has 0 fully saturated rings. The minimum Gasteiger partial charge on any atom is -0.329 e. The summed E-state index contributed by atoms with van der Waals surface area (Å²) < 4.78 is 39.5. The van der Waals surface area contributed by atoms with Crippen molar-refractivity contribution in [1.29, 1.82) is 5.26 Å². The van der Waals surface area contributed by atoms with Gasteiger partial charge in [-0.25, -0.2) is 4.98 Å². The summed E-state index contributed by atoms with van der Waals surface area (Å²) in [4.78, 5) is 5.19. The zero-order chi connectivity index (χ0) is 15.6. The zero-order valence-electron chi connectivity index (χ0n) is 10.8. The van der Waals surface area contributed by atoms with Crippen LogP contribution in [0.4, 0.5) is 24.7 Å². The van der Waals surface area contributed by atoms with E-state index in [1.807, 2.05) is 6.07 Å². The molecule has 0 saturated carbocycles. The third-order valence-electron chi connectivity index (χ3n) is 2.84. The smallest absolute Gasteiger partial charge is 0.329 e. The number of nitriles is 1. The summed E-state index contributed by atoms with van der Waals surface area (Å²) in [7, 11) is 1.49. The van der Waals surface area contributed by atoms with Gasteiger partial charge in [-0.1, -0.05) is 0 Å². The summed E-state index contributed by atoms with van der Waals surface area (Å²) in [5, 5.41) is 8.74. The SMILES string of the molecule is CN(c1ccc(C#N)cc1)c1ncc(Br)cc1C(F)(F)F. The molecular weight excluding hydrogens is 347 g/mol. The van der Waals surface area contributed by atoms with Gasteiger partial charge in [0, 0.05) is 23.4 Å². The first-order chi connectivity index (χ1) is 9.82. The molecule has 21 heavy (non-hydrogen) atoms. The van der Waals surface area contributed by atoms with Crippen LogP contribution in [-0.2, 0) is 6.18 Å². The Balaban J connectivity index is 2.47. The van der Waals surface area contributed by atoms with Crippen molar-refractivity contribution in [2.24, 2.45) is 0 Å². The third-order valence-corrected chi connectivity index (χ3v) is 3.27. The standard InChI is InChI=1S/C14H9BrF3N3/c1-21(11-4-2-9(7-19)3-5-11)13-12(14(16,17)18)6-10(15)8-20-13/h2-6,8H,1H3. The molecule has 0 radical (unpaired) electrons.